The Kier molecular flexibility index (Phi) is 8.52. The van der Waals surface area contributed by atoms with Gasteiger partial charge in [-0.1, -0.05) is 12.1 Å². The van der Waals surface area contributed by atoms with Gasteiger partial charge in [0.1, 0.15) is 12.4 Å². The van der Waals surface area contributed by atoms with Crippen LogP contribution in [0.15, 0.2) is 36.4 Å². The van der Waals surface area contributed by atoms with E-state index in [0.29, 0.717) is 18.3 Å². The molecule has 2 aliphatic heterocycles. The number of hydrogen-bond donors (Lipinski definition) is 1. The predicted molar refractivity (Wildman–Crippen MR) is 137 cm³/mol. The van der Waals surface area contributed by atoms with Gasteiger partial charge < -0.3 is 19.5 Å². The number of rotatable bonds is 8. The number of carbonyl (C=O) groups is 1. The zero-order valence-electron chi connectivity index (χ0n) is 21.3. The molecule has 2 aromatic carbocycles. The van der Waals surface area contributed by atoms with Crippen molar-refractivity contribution in [2.45, 2.75) is 46.3 Å². The lowest BCUT2D eigenvalue weighted by molar-refractivity contribution is -0.137. The van der Waals surface area contributed by atoms with Crippen LogP contribution in [-0.2, 0) is 24.4 Å². The topological polar surface area (TPSA) is 65.5 Å². The van der Waals surface area contributed by atoms with Gasteiger partial charge in [-0.15, -0.1) is 0 Å². The van der Waals surface area contributed by atoms with Crippen molar-refractivity contribution in [2.24, 2.45) is 5.92 Å². The smallest absolute Gasteiger partial charge is 0.226 e. The van der Waals surface area contributed by atoms with Crippen LogP contribution < -0.4 is 9.47 Å². The number of nitrogens with zero attached hydrogens (tertiary/aromatic N) is 3. The average molecular weight is 482 g/mol. The minimum atomic E-state index is 0.101. The van der Waals surface area contributed by atoms with Gasteiger partial charge in [-0.25, -0.2) is 0 Å². The summed E-state index contributed by atoms with van der Waals surface area (Å²) in [5.74, 6) is 2.00. The Hall–Kier alpha value is -2.77. The molecule has 0 unspecified atom stereocenters. The molecule has 1 N–H and O–H groups in total. The molecule has 7 nitrogen and oxygen atoms in total. The van der Waals surface area contributed by atoms with Crippen molar-refractivity contribution in [3.8, 4) is 17.2 Å². The highest BCUT2D eigenvalue weighted by molar-refractivity contribution is 5.79. The maximum Gasteiger partial charge on any atom is 0.226 e. The molecular weight excluding hydrogens is 442 g/mol. The van der Waals surface area contributed by atoms with Gasteiger partial charge in [0.05, 0.1) is 13.0 Å². The van der Waals surface area contributed by atoms with Gasteiger partial charge in [0.2, 0.25) is 5.91 Å². The van der Waals surface area contributed by atoms with E-state index >= 15 is 0 Å². The van der Waals surface area contributed by atoms with Gasteiger partial charge in [-0.3, -0.25) is 14.6 Å². The number of methoxy groups -OCH3 is 1. The number of hydrogen-bond acceptors (Lipinski definition) is 6. The van der Waals surface area contributed by atoms with Gasteiger partial charge in [0.15, 0.2) is 11.5 Å². The molecule has 2 aromatic rings. The lowest BCUT2D eigenvalue weighted by Crippen LogP contribution is -2.44. The van der Waals surface area contributed by atoms with Crippen LogP contribution in [0.4, 0.5) is 0 Å². The minimum absolute atomic E-state index is 0.101. The largest absolute Gasteiger partial charge is 0.504 e. The maximum absolute atomic E-state index is 12.9. The van der Waals surface area contributed by atoms with Crippen LogP contribution in [0.25, 0.3) is 0 Å². The number of phenolic OH excluding ortho intramolecular Hbond substituents is 1. The molecule has 4 rings (SSSR count). The Morgan fingerprint density at radius 2 is 1.83 bits per heavy atom. The van der Waals surface area contributed by atoms with Crippen molar-refractivity contribution in [3.05, 3.63) is 53.1 Å². The van der Waals surface area contributed by atoms with E-state index in [4.69, 9.17) is 9.47 Å². The monoisotopic (exact) mass is 481 g/mol. The third-order valence-electron chi connectivity index (χ3n) is 7.17. The normalized spacial score (nSPS) is 18.9. The first-order valence-corrected chi connectivity index (χ1v) is 12.8. The SMILES string of the molecule is CCN(CC)C(=O)[C@@H]1CCCN(Cc2ccc3c(c2)CN(Cc2ccc(OC)c(O)c2)CCO3)C1. The summed E-state index contributed by atoms with van der Waals surface area (Å²) in [7, 11) is 1.56. The van der Waals surface area contributed by atoms with Gasteiger partial charge >= 0.3 is 0 Å². The molecule has 0 spiro atoms. The molecule has 0 bridgehead atoms. The van der Waals surface area contributed by atoms with E-state index in [9.17, 15) is 9.90 Å². The predicted octanol–water partition coefficient (Wildman–Crippen LogP) is 3.88. The summed E-state index contributed by atoms with van der Waals surface area (Å²) < 4.78 is 11.2. The minimum Gasteiger partial charge on any atom is -0.504 e. The molecule has 1 atom stereocenters. The molecule has 0 radical (unpaired) electrons. The second-order valence-corrected chi connectivity index (χ2v) is 9.59. The van der Waals surface area contributed by atoms with Crippen LogP contribution >= 0.6 is 0 Å². The number of amides is 1. The van der Waals surface area contributed by atoms with E-state index in [1.807, 2.05) is 17.0 Å². The van der Waals surface area contributed by atoms with Gasteiger partial charge in [0, 0.05) is 51.4 Å². The standard InChI is InChI=1S/C28H39N3O4/c1-4-31(5-2)28(33)23-7-6-12-29(19-23)17-21-8-10-26-24(15-21)20-30(13-14-35-26)18-22-9-11-27(34-3)25(32)16-22/h8-11,15-16,23,32H,4-7,12-14,17-20H2,1-3H3/t23-/m1/s1. The molecule has 1 fully saturated rings. The third-order valence-corrected chi connectivity index (χ3v) is 7.17. The second-order valence-electron chi connectivity index (χ2n) is 9.59. The third kappa shape index (κ3) is 6.27. The number of carbonyl (C=O) groups excluding carboxylic acids is 1. The quantitative estimate of drug-likeness (QED) is 0.618. The fraction of sp³-hybridized carbons (Fsp3) is 0.536. The van der Waals surface area contributed by atoms with Crippen molar-refractivity contribution < 1.29 is 19.4 Å². The molecule has 1 amide bonds. The van der Waals surface area contributed by atoms with Crippen molar-refractivity contribution in [3.63, 3.8) is 0 Å². The fourth-order valence-corrected chi connectivity index (χ4v) is 5.28. The van der Waals surface area contributed by atoms with Crippen LogP contribution in [0.3, 0.4) is 0 Å². The van der Waals surface area contributed by atoms with E-state index in [1.165, 1.54) is 11.1 Å². The Morgan fingerprint density at radius 3 is 2.57 bits per heavy atom. The van der Waals surface area contributed by atoms with Crippen LogP contribution in [-0.4, -0.2) is 72.2 Å². The average Bonchev–Trinajstić information content (AvgIpc) is 3.06. The summed E-state index contributed by atoms with van der Waals surface area (Å²) in [4.78, 5) is 19.6. The number of aromatic hydroxyl groups is 1. The maximum atomic E-state index is 12.9. The summed E-state index contributed by atoms with van der Waals surface area (Å²) in [6.07, 6.45) is 2.05. The highest BCUT2D eigenvalue weighted by Gasteiger charge is 2.28. The van der Waals surface area contributed by atoms with E-state index in [-0.39, 0.29) is 11.7 Å². The summed E-state index contributed by atoms with van der Waals surface area (Å²) in [5.41, 5.74) is 3.48. The van der Waals surface area contributed by atoms with Gasteiger partial charge in [-0.2, -0.15) is 0 Å². The number of ether oxygens (including phenoxy) is 2. The zero-order valence-corrected chi connectivity index (χ0v) is 21.3. The first kappa shape index (κ1) is 25.3. The van der Waals surface area contributed by atoms with Crippen LogP contribution in [0.1, 0.15) is 43.4 Å². The number of fused-ring (bicyclic) bond motifs is 1. The molecule has 0 aliphatic carbocycles. The molecule has 0 aromatic heterocycles. The molecule has 7 heteroatoms. The molecule has 0 saturated carbocycles. The van der Waals surface area contributed by atoms with Crippen LogP contribution in [0.2, 0.25) is 0 Å². The summed E-state index contributed by atoms with van der Waals surface area (Å²) in [6, 6.07) is 12.1. The van der Waals surface area contributed by atoms with Gasteiger partial charge in [-0.05, 0) is 68.6 Å². The van der Waals surface area contributed by atoms with Gasteiger partial charge in [0.25, 0.3) is 0 Å². The highest BCUT2D eigenvalue weighted by atomic mass is 16.5. The van der Waals surface area contributed by atoms with Crippen LogP contribution in [0, 0.1) is 5.92 Å². The lowest BCUT2D eigenvalue weighted by atomic mass is 9.95. The Balaban J connectivity index is 1.41. The molecule has 35 heavy (non-hydrogen) atoms. The van der Waals surface area contributed by atoms with Crippen molar-refractivity contribution in [2.75, 3.05) is 46.4 Å². The molecule has 2 aliphatic rings. The number of phenols is 1. The number of benzene rings is 2. The lowest BCUT2D eigenvalue weighted by Gasteiger charge is -2.34. The first-order valence-electron chi connectivity index (χ1n) is 12.8. The molecule has 2 heterocycles. The fourth-order valence-electron chi connectivity index (χ4n) is 5.28. The van der Waals surface area contributed by atoms with Crippen molar-refractivity contribution in [1.82, 2.24) is 14.7 Å². The summed E-state index contributed by atoms with van der Waals surface area (Å²) in [6.45, 7) is 11.4. The van der Waals surface area contributed by atoms with Crippen molar-refractivity contribution >= 4 is 5.91 Å². The number of likely N-dealkylation sites (tertiary alicyclic amines) is 1. The Morgan fingerprint density at radius 1 is 1.09 bits per heavy atom. The Labute approximate surface area is 209 Å². The van der Waals surface area contributed by atoms with E-state index in [0.717, 1.165) is 76.5 Å². The van der Waals surface area contributed by atoms with E-state index in [1.54, 1.807) is 13.2 Å². The molecule has 190 valence electrons. The number of piperidine rings is 1. The second kappa shape index (κ2) is 11.8. The first-order chi connectivity index (χ1) is 17.0. The summed E-state index contributed by atoms with van der Waals surface area (Å²) in [5, 5.41) is 10.1. The van der Waals surface area contributed by atoms with Crippen molar-refractivity contribution in [1.29, 1.82) is 0 Å². The van der Waals surface area contributed by atoms with E-state index in [2.05, 4.69) is 41.8 Å². The Bertz CT molecular complexity index is 1010. The zero-order chi connectivity index (χ0) is 24.8. The molecular formula is C28H39N3O4. The summed E-state index contributed by atoms with van der Waals surface area (Å²) >= 11 is 0. The highest BCUT2D eigenvalue weighted by Crippen LogP contribution is 2.29. The molecule has 1 saturated heterocycles. The van der Waals surface area contributed by atoms with Crippen LogP contribution in [0.5, 0.6) is 17.2 Å². The van der Waals surface area contributed by atoms with E-state index < -0.39 is 0 Å².